The van der Waals surface area contributed by atoms with Gasteiger partial charge in [-0.25, -0.2) is 4.98 Å². The Kier molecular flexibility index (Phi) is 4.86. The van der Waals surface area contributed by atoms with Crippen LogP contribution in [0.25, 0.3) is 0 Å². The molecule has 0 saturated carbocycles. The van der Waals surface area contributed by atoms with Gasteiger partial charge in [-0.3, -0.25) is 14.7 Å². The molecule has 1 fully saturated rings. The molecule has 0 aliphatic carbocycles. The number of hydrogen-bond acceptors (Lipinski definition) is 6. The molecular formula is C13H21N5O2. The average Bonchev–Trinajstić information content (AvgIpc) is 2.48. The third-order valence-electron chi connectivity index (χ3n) is 3.47. The van der Waals surface area contributed by atoms with Gasteiger partial charge in [-0.1, -0.05) is 0 Å². The normalized spacial score (nSPS) is 17.7. The lowest BCUT2D eigenvalue weighted by atomic mass is 10.2. The molecular weight excluding hydrogens is 258 g/mol. The van der Waals surface area contributed by atoms with E-state index >= 15 is 0 Å². The van der Waals surface area contributed by atoms with Gasteiger partial charge in [0.2, 0.25) is 0 Å². The standard InChI is InChI=1S/C13H21N5O2/c1-10(18-3-5-20-6-4-18)9-17(2)12-8-15-7-11(16-12)13(14)19/h7-8,10H,3-6,9H2,1-2H3,(H2,14,19)/t10-/m0/s1. The van der Waals surface area contributed by atoms with E-state index in [-0.39, 0.29) is 5.69 Å². The number of ether oxygens (including phenoxy) is 1. The smallest absolute Gasteiger partial charge is 0.268 e. The van der Waals surface area contributed by atoms with E-state index in [1.807, 2.05) is 11.9 Å². The van der Waals surface area contributed by atoms with Crippen molar-refractivity contribution < 1.29 is 9.53 Å². The molecule has 0 unspecified atom stereocenters. The molecule has 1 aliphatic rings. The van der Waals surface area contributed by atoms with Crippen LogP contribution in [0.1, 0.15) is 17.4 Å². The van der Waals surface area contributed by atoms with E-state index in [1.165, 1.54) is 6.20 Å². The highest BCUT2D eigenvalue weighted by Crippen LogP contribution is 2.11. The van der Waals surface area contributed by atoms with E-state index in [4.69, 9.17) is 10.5 Å². The molecule has 2 heterocycles. The van der Waals surface area contributed by atoms with Gasteiger partial charge in [0.25, 0.3) is 5.91 Å². The number of rotatable bonds is 5. The Hall–Kier alpha value is -1.73. The van der Waals surface area contributed by atoms with Crippen LogP contribution < -0.4 is 10.6 Å². The molecule has 0 radical (unpaired) electrons. The second-order valence-electron chi connectivity index (χ2n) is 5.00. The number of likely N-dealkylation sites (N-methyl/N-ethyl adjacent to an activating group) is 1. The SMILES string of the molecule is C[C@@H](CN(C)c1cncc(C(N)=O)n1)N1CCOCC1. The summed E-state index contributed by atoms with van der Waals surface area (Å²) in [6, 6.07) is 0.378. The first kappa shape index (κ1) is 14.7. The minimum atomic E-state index is -0.561. The molecule has 0 bridgehead atoms. The van der Waals surface area contributed by atoms with Gasteiger partial charge < -0.3 is 15.4 Å². The van der Waals surface area contributed by atoms with Crippen LogP contribution in [0.4, 0.5) is 5.82 Å². The molecule has 1 saturated heterocycles. The van der Waals surface area contributed by atoms with Crippen LogP contribution in [0.5, 0.6) is 0 Å². The Bertz CT molecular complexity index is 462. The maximum Gasteiger partial charge on any atom is 0.268 e. The number of carbonyl (C=O) groups is 1. The summed E-state index contributed by atoms with van der Waals surface area (Å²) in [6.45, 7) is 6.43. The Morgan fingerprint density at radius 2 is 2.20 bits per heavy atom. The predicted octanol–water partition coefficient (Wildman–Crippen LogP) is -0.268. The number of anilines is 1. The van der Waals surface area contributed by atoms with Crippen LogP contribution in [0.3, 0.4) is 0 Å². The first-order valence-electron chi connectivity index (χ1n) is 6.72. The summed E-state index contributed by atoms with van der Waals surface area (Å²) in [7, 11) is 1.94. The summed E-state index contributed by atoms with van der Waals surface area (Å²) >= 11 is 0. The third kappa shape index (κ3) is 3.64. The minimum Gasteiger partial charge on any atom is -0.379 e. The second-order valence-corrected chi connectivity index (χ2v) is 5.00. The molecule has 7 heteroatoms. The van der Waals surface area contributed by atoms with Crippen molar-refractivity contribution in [2.75, 3.05) is 44.8 Å². The Balaban J connectivity index is 1.98. The lowest BCUT2D eigenvalue weighted by Crippen LogP contribution is -2.47. The number of hydrogen-bond donors (Lipinski definition) is 1. The quantitative estimate of drug-likeness (QED) is 0.799. The van der Waals surface area contributed by atoms with E-state index < -0.39 is 5.91 Å². The van der Waals surface area contributed by atoms with Crippen molar-refractivity contribution in [3.05, 3.63) is 18.1 Å². The van der Waals surface area contributed by atoms with Crippen molar-refractivity contribution in [2.45, 2.75) is 13.0 Å². The first-order valence-corrected chi connectivity index (χ1v) is 6.72. The highest BCUT2D eigenvalue weighted by atomic mass is 16.5. The number of aromatic nitrogens is 2. The van der Waals surface area contributed by atoms with Crippen LogP contribution in [0.15, 0.2) is 12.4 Å². The molecule has 1 atom stereocenters. The lowest BCUT2D eigenvalue weighted by Gasteiger charge is -2.34. The number of carbonyl (C=O) groups excluding carboxylic acids is 1. The minimum absolute atomic E-state index is 0.188. The summed E-state index contributed by atoms with van der Waals surface area (Å²) in [4.78, 5) is 23.7. The maximum absolute atomic E-state index is 11.1. The van der Waals surface area contributed by atoms with E-state index in [0.29, 0.717) is 11.9 Å². The van der Waals surface area contributed by atoms with Crippen LogP contribution in [0, 0.1) is 0 Å². The number of amides is 1. The Labute approximate surface area is 118 Å². The topological polar surface area (TPSA) is 84.6 Å². The molecule has 1 aromatic heterocycles. The van der Waals surface area contributed by atoms with Crippen LogP contribution in [-0.2, 0) is 4.74 Å². The second kappa shape index (κ2) is 6.62. The fraction of sp³-hybridized carbons (Fsp3) is 0.615. The molecule has 110 valence electrons. The van der Waals surface area contributed by atoms with Crippen LogP contribution in [0.2, 0.25) is 0 Å². The van der Waals surface area contributed by atoms with Crippen molar-refractivity contribution in [1.82, 2.24) is 14.9 Å². The van der Waals surface area contributed by atoms with Gasteiger partial charge in [0, 0.05) is 32.7 Å². The van der Waals surface area contributed by atoms with Gasteiger partial charge in [-0.2, -0.15) is 0 Å². The van der Waals surface area contributed by atoms with Crippen LogP contribution in [-0.4, -0.2) is 66.7 Å². The van der Waals surface area contributed by atoms with Crippen molar-refractivity contribution in [3.63, 3.8) is 0 Å². The summed E-state index contributed by atoms with van der Waals surface area (Å²) in [5.41, 5.74) is 5.41. The fourth-order valence-corrected chi connectivity index (χ4v) is 2.28. The van der Waals surface area contributed by atoms with Gasteiger partial charge in [-0.05, 0) is 6.92 Å². The van der Waals surface area contributed by atoms with Gasteiger partial charge >= 0.3 is 0 Å². The molecule has 1 aliphatic heterocycles. The van der Waals surface area contributed by atoms with Crippen LogP contribution >= 0.6 is 0 Å². The molecule has 2 rings (SSSR count). The van der Waals surface area contributed by atoms with E-state index in [2.05, 4.69) is 21.8 Å². The third-order valence-corrected chi connectivity index (χ3v) is 3.47. The zero-order valence-corrected chi connectivity index (χ0v) is 12.0. The summed E-state index contributed by atoms with van der Waals surface area (Å²) in [5.74, 6) is 0.0930. The van der Waals surface area contributed by atoms with Gasteiger partial charge in [0.1, 0.15) is 11.5 Å². The molecule has 20 heavy (non-hydrogen) atoms. The maximum atomic E-state index is 11.1. The Morgan fingerprint density at radius 1 is 1.50 bits per heavy atom. The molecule has 7 nitrogen and oxygen atoms in total. The van der Waals surface area contributed by atoms with Crippen molar-refractivity contribution >= 4 is 11.7 Å². The average molecular weight is 279 g/mol. The number of nitrogens with two attached hydrogens (primary N) is 1. The predicted molar refractivity (Wildman–Crippen MR) is 75.7 cm³/mol. The van der Waals surface area contributed by atoms with Crippen molar-refractivity contribution in [2.24, 2.45) is 5.73 Å². The van der Waals surface area contributed by atoms with Gasteiger partial charge in [0.15, 0.2) is 0 Å². The summed E-state index contributed by atoms with van der Waals surface area (Å²) in [5, 5.41) is 0. The first-order chi connectivity index (χ1) is 9.58. The molecule has 0 aromatic carbocycles. The number of morpholine rings is 1. The highest BCUT2D eigenvalue weighted by Gasteiger charge is 2.19. The van der Waals surface area contributed by atoms with Gasteiger partial charge in [0.05, 0.1) is 25.6 Å². The number of nitrogens with zero attached hydrogens (tertiary/aromatic N) is 4. The fourth-order valence-electron chi connectivity index (χ4n) is 2.28. The largest absolute Gasteiger partial charge is 0.379 e. The van der Waals surface area contributed by atoms with Crippen molar-refractivity contribution in [3.8, 4) is 0 Å². The van der Waals surface area contributed by atoms with E-state index in [1.54, 1.807) is 6.20 Å². The summed E-state index contributed by atoms with van der Waals surface area (Å²) < 4.78 is 5.35. The van der Waals surface area contributed by atoms with E-state index in [0.717, 1.165) is 32.8 Å². The van der Waals surface area contributed by atoms with E-state index in [9.17, 15) is 4.79 Å². The zero-order chi connectivity index (χ0) is 14.5. The molecule has 1 amide bonds. The lowest BCUT2D eigenvalue weighted by molar-refractivity contribution is 0.0217. The van der Waals surface area contributed by atoms with Crippen molar-refractivity contribution in [1.29, 1.82) is 0 Å². The molecule has 1 aromatic rings. The Morgan fingerprint density at radius 3 is 2.85 bits per heavy atom. The molecule has 0 spiro atoms. The summed E-state index contributed by atoms with van der Waals surface area (Å²) in [6.07, 6.45) is 3.02. The number of primary amides is 1. The monoisotopic (exact) mass is 279 g/mol. The molecule has 2 N–H and O–H groups in total. The zero-order valence-electron chi connectivity index (χ0n) is 12.0. The van der Waals surface area contributed by atoms with Gasteiger partial charge in [-0.15, -0.1) is 0 Å². The highest BCUT2D eigenvalue weighted by molar-refractivity contribution is 5.90.